The van der Waals surface area contributed by atoms with Crippen molar-refractivity contribution < 1.29 is 18.7 Å². The third kappa shape index (κ3) is 3.11. The van der Waals surface area contributed by atoms with Gasteiger partial charge in [-0.15, -0.1) is 10.2 Å². The highest BCUT2D eigenvalue weighted by atomic mass is 16.7. The molecule has 0 bridgehead atoms. The first-order valence-electron chi connectivity index (χ1n) is 8.51. The number of rotatable bonds is 3. The van der Waals surface area contributed by atoms with Crippen LogP contribution in [0, 0.1) is 0 Å². The van der Waals surface area contributed by atoms with E-state index < -0.39 is 0 Å². The summed E-state index contributed by atoms with van der Waals surface area (Å²) < 4.78 is 16.6. The number of urea groups is 1. The molecule has 0 spiro atoms. The zero-order valence-corrected chi connectivity index (χ0v) is 14.0. The first kappa shape index (κ1) is 15.7. The highest BCUT2D eigenvalue weighted by Gasteiger charge is 2.28. The number of hydrogen-bond acceptors (Lipinski definition) is 6. The lowest BCUT2D eigenvalue weighted by Crippen LogP contribution is -2.44. The summed E-state index contributed by atoms with van der Waals surface area (Å²) in [7, 11) is 0. The van der Waals surface area contributed by atoms with Crippen molar-refractivity contribution in [2.45, 2.75) is 25.7 Å². The molecule has 1 aromatic carbocycles. The molecule has 2 aromatic rings. The Kier molecular flexibility index (Phi) is 4.17. The second-order valence-corrected chi connectivity index (χ2v) is 6.13. The van der Waals surface area contributed by atoms with Crippen LogP contribution in [0.4, 0.5) is 4.79 Å². The fourth-order valence-electron chi connectivity index (χ4n) is 3.17. The van der Waals surface area contributed by atoms with Crippen molar-refractivity contribution in [3.05, 3.63) is 24.1 Å². The Morgan fingerprint density at radius 2 is 2.20 bits per heavy atom. The van der Waals surface area contributed by atoms with E-state index in [4.69, 9.17) is 13.9 Å². The van der Waals surface area contributed by atoms with Gasteiger partial charge in [-0.25, -0.2) is 4.79 Å². The van der Waals surface area contributed by atoms with Crippen molar-refractivity contribution >= 4 is 6.03 Å². The Labute approximate surface area is 145 Å². The largest absolute Gasteiger partial charge is 0.454 e. The fraction of sp³-hybridized carbons (Fsp3) is 0.471. The molecule has 8 nitrogen and oxygen atoms in total. The molecule has 2 aliphatic rings. The number of aromatic nitrogens is 2. The number of fused-ring (bicyclic) bond motifs is 1. The Morgan fingerprint density at radius 3 is 3.08 bits per heavy atom. The van der Waals surface area contributed by atoms with E-state index >= 15 is 0 Å². The van der Waals surface area contributed by atoms with Gasteiger partial charge in [0.1, 0.15) is 0 Å². The Hall–Kier alpha value is -2.77. The zero-order valence-electron chi connectivity index (χ0n) is 14.0. The molecule has 1 atom stereocenters. The van der Waals surface area contributed by atoms with E-state index in [-0.39, 0.29) is 18.7 Å². The third-order valence-corrected chi connectivity index (χ3v) is 4.45. The molecule has 1 unspecified atom stereocenters. The summed E-state index contributed by atoms with van der Waals surface area (Å²) in [6.45, 7) is 4.11. The monoisotopic (exact) mass is 344 g/mol. The molecule has 25 heavy (non-hydrogen) atoms. The SMILES string of the molecule is CCNC(=O)N1CCCC(c2nnc(-c3ccc4c(c3)OCO4)o2)C1. The number of nitrogens with one attached hydrogen (secondary N) is 1. The summed E-state index contributed by atoms with van der Waals surface area (Å²) >= 11 is 0. The van der Waals surface area contributed by atoms with E-state index in [1.54, 1.807) is 0 Å². The maximum atomic E-state index is 12.0. The number of nitrogens with zero attached hydrogens (tertiary/aromatic N) is 3. The smallest absolute Gasteiger partial charge is 0.317 e. The van der Waals surface area contributed by atoms with Crippen molar-refractivity contribution in [1.82, 2.24) is 20.4 Å². The van der Waals surface area contributed by atoms with Gasteiger partial charge in [0.15, 0.2) is 11.5 Å². The van der Waals surface area contributed by atoms with E-state index in [1.807, 2.05) is 30.0 Å². The molecule has 1 N–H and O–H groups in total. The van der Waals surface area contributed by atoms with Gasteiger partial charge < -0.3 is 24.1 Å². The van der Waals surface area contributed by atoms with Gasteiger partial charge >= 0.3 is 6.03 Å². The van der Waals surface area contributed by atoms with Gasteiger partial charge in [-0.3, -0.25) is 0 Å². The van der Waals surface area contributed by atoms with E-state index in [9.17, 15) is 4.79 Å². The third-order valence-electron chi connectivity index (χ3n) is 4.45. The van der Waals surface area contributed by atoms with Gasteiger partial charge in [-0.2, -0.15) is 0 Å². The molecule has 1 saturated heterocycles. The van der Waals surface area contributed by atoms with Crippen LogP contribution in [0.25, 0.3) is 11.5 Å². The molecule has 4 rings (SSSR count). The summed E-state index contributed by atoms with van der Waals surface area (Å²) in [5.74, 6) is 2.47. The van der Waals surface area contributed by atoms with Crippen molar-refractivity contribution in [2.24, 2.45) is 0 Å². The minimum atomic E-state index is -0.0392. The topological polar surface area (TPSA) is 89.7 Å². The molecule has 1 fully saturated rings. The quantitative estimate of drug-likeness (QED) is 0.919. The van der Waals surface area contributed by atoms with E-state index in [1.165, 1.54) is 0 Å². The number of hydrogen-bond donors (Lipinski definition) is 1. The molecule has 2 aliphatic heterocycles. The second-order valence-electron chi connectivity index (χ2n) is 6.13. The van der Waals surface area contributed by atoms with Crippen LogP contribution in [0.5, 0.6) is 11.5 Å². The van der Waals surface area contributed by atoms with Crippen molar-refractivity contribution in [3.63, 3.8) is 0 Å². The number of ether oxygens (including phenoxy) is 2. The summed E-state index contributed by atoms with van der Waals surface area (Å²) in [4.78, 5) is 13.8. The van der Waals surface area contributed by atoms with Crippen LogP contribution in [0.2, 0.25) is 0 Å². The van der Waals surface area contributed by atoms with Crippen LogP contribution in [0.15, 0.2) is 22.6 Å². The van der Waals surface area contributed by atoms with E-state index in [0.717, 1.165) is 24.9 Å². The minimum Gasteiger partial charge on any atom is -0.454 e. The van der Waals surface area contributed by atoms with Gasteiger partial charge in [-0.1, -0.05) is 0 Å². The number of likely N-dealkylation sites (tertiary alicyclic amines) is 1. The van der Waals surface area contributed by atoms with Crippen LogP contribution in [-0.4, -0.2) is 47.6 Å². The van der Waals surface area contributed by atoms with Crippen molar-refractivity contribution in [3.8, 4) is 23.0 Å². The lowest BCUT2D eigenvalue weighted by atomic mass is 9.98. The number of carbonyl (C=O) groups excluding carboxylic acids is 1. The molecule has 8 heteroatoms. The molecule has 132 valence electrons. The predicted molar refractivity (Wildman–Crippen MR) is 88.5 cm³/mol. The second kappa shape index (κ2) is 6.62. The maximum absolute atomic E-state index is 12.0. The Morgan fingerprint density at radius 1 is 1.32 bits per heavy atom. The number of benzene rings is 1. The normalized spacial score (nSPS) is 19.1. The van der Waals surface area contributed by atoms with Gasteiger partial charge in [-0.05, 0) is 38.0 Å². The lowest BCUT2D eigenvalue weighted by Gasteiger charge is -2.30. The molecular formula is C17H20N4O4. The minimum absolute atomic E-state index is 0.0392. The van der Waals surface area contributed by atoms with Crippen LogP contribution in [0.1, 0.15) is 31.6 Å². The molecule has 0 aliphatic carbocycles. The first-order valence-corrected chi connectivity index (χ1v) is 8.51. The van der Waals surface area contributed by atoms with Crippen molar-refractivity contribution in [2.75, 3.05) is 26.4 Å². The first-order chi connectivity index (χ1) is 12.2. The van der Waals surface area contributed by atoms with Gasteiger partial charge in [0.25, 0.3) is 0 Å². The summed E-state index contributed by atoms with van der Waals surface area (Å²) in [6, 6.07) is 5.50. The number of amides is 2. The van der Waals surface area contributed by atoms with E-state index in [2.05, 4.69) is 15.5 Å². The number of piperidine rings is 1. The van der Waals surface area contributed by atoms with Crippen LogP contribution in [-0.2, 0) is 0 Å². The zero-order chi connectivity index (χ0) is 17.2. The standard InChI is InChI=1S/C17H20N4O4/c1-2-18-17(22)21-7-3-4-12(9-21)16-20-19-15(25-16)11-5-6-13-14(8-11)24-10-23-13/h5-6,8,12H,2-4,7,9-10H2,1H3,(H,18,22). The van der Waals surface area contributed by atoms with Gasteiger partial charge in [0.2, 0.25) is 18.6 Å². The average molecular weight is 344 g/mol. The average Bonchev–Trinajstić information content (AvgIpc) is 3.31. The van der Waals surface area contributed by atoms with Crippen LogP contribution < -0.4 is 14.8 Å². The lowest BCUT2D eigenvalue weighted by molar-refractivity contribution is 0.173. The highest BCUT2D eigenvalue weighted by Crippen LogP contribution is 2.36. The molecule has 0 radical (unpaired) electrons. The van der Waals surface area contributed by atoms with Crippen molar-refractivity contribution in [1.29, 1.82) is 0 Å². The number of carbonyl (C=O) groups is 1. The Bertz CT molecular complexity index is 776. The molecule has 3 heterocycles. The fourth-order valence-corrected chi connectivity index (χ4v) is 3.17. The predicted octanol–water partition coefficient (Wildman–Crippen LogP) is 2.37. The highest BCUT2D eigenvalue weighted by molar-refractivity contribution is 5.74. The van der Waals surface area contributed by atoms with Crippen LogP contribution >= 0.6 is 0 Å². The maximum Gasteiger partial charge on any atom is 0.317 e. The summed E-state index contributed by atoms with van der Waals surface area (Å²) in [5, 5.41) is 11.2. The molecular weight excluding hydrogens is 324 g/mol. The van der Waals surface area contributed by atoms with E-state index in [0.29, 0.717) is 36.4 Å². The molecule has 2 amide bonds. The Balaban J connectivity index is 1.50. The molecule has 1 aromatic heterocycles. The summed E-state index contributed by atoms with van der Waals surface area (Å²) in [5.41, 5.74) is 0.791. The molecule has 0 saturated carbocycles. The van der Waals surface area contributed by atoms with Gasteiger partial charge in [0, 0.05) is 25.2 Å². The van der Waals surface area contributed by atoms with Gasteiger partial charge in [0.05, 0.1) is 5.92 Å². The summed E-state index contributed by atoms with van der Waals surface area (Å²) in [6.07, 6.45) is 1.85. The van der Waals surface area contributed by atoms with Crippen LogP contribution in [0.3, 0.4) is 0 Å².